The zero-order valence-electron chi connectivity index (χ0n) is 13.0. The Kier molecular flexibility index (Phi) is 6.21. The summed E-state index contributed by atoms with van der Waals surface area (Å²) in [7, 11) is 1.69. The third-order valence-electron chi connectivity index (χ3n) is 4.04. The van der Waals surface area contributed by atoms with E-state index in [-0.39, 0.29) is 11.9 Å². The van der Waals surface area contributed by atoms with Gasteiger partial charge in [-0.1, -0.05) is 37.3 Å². The fourth-order valence-corrected chi connectivity index (χ4v) is 2.86. The summed E-state index contributed by atoms with van der Waals surface area (Å²) in [6.45, 7) is 4.93. The van der Waals surface area contributed by atoms with Crippen molar-refractivity contribution in [2.45, 2.75) is 25.8 Å². The van der Waals surface area contributed by atoms with Gasteiger partial charge in [-0.15, -0.1) is 0 Å². The lowest BCUT2D eigenvalue weighted by Gasteiger charge is -2.31. The van der Waals surface area contributed by atoms with E-state index in [9.17, 15) is 4.79 Å². The first-order valence-corrected chi connectivity index (χ1v) is 7.75. The minimum Gasteiger partial charge on any atom is -0.383 e. The third-order valence-corrected chi connectivity index (χ3v) is 4.04. The number of amides is 1. The molecule has 1 fully saturated rings. The normalized spacial score (nSPS) is 20.3. The van der Waals surface area contributed by atoms with Crippen molar-refractivity contribution >= 4 is 5.91 Å². The topological polar surface area (TPSA) is 41.6 Å². The number of piperidine rings is 1. The lowest BCUT2D eigenvalue weighted by molar-refractivity contribution is -0.132. The number of carbonyl (C=O) groups is 1. The van der Waals surface area contributed by atoms with Crippen LogP contribution in [0.15, 0.2) is 30.3 Å². The number of ether oxygens (including phenoxy) is 1. The SMILES string of the molecule is COC[C@H](NCC(=O)N1CCC[C@@H](C)C1)c1ccccc1. The van der Waals surface area contributed by atoms with Crippen LogP contribution < -0.4 is 5.32 Å². The number of benzene rings is 1. The Balaban J connectivity index is 1.88. The highest BCUT2D eigenvalue weighted by molar-refractivity contribution is 5.78. The standard InChI is InChI=1S/C17H26N2O2/c1-14-7-6-10-19(12-14)17(20)11-18-16(13-21-2)15-8-4-3-5-9-15/h3-5,8-9,14,16,18H,6-7,10-13H2,1-2H3/t14-,16+/m1/s1. The highest BCUT2D eigenvalue weighted by Crippen LogP contribution is 2.16. The quantitative estimate of drug-likeness (QED) is 0.873. The first-order valence-electron chi connectivity index (χ1n) is 7.75. The molecule has 2 rings (SSSR count). The number of likely N-dealkylation sites (tertiary alicyclic amines) is 1. The van der Waals surface area contributed by atoms with E-state index in [0.717, 1.165) is 25.1 Å². The van der Waals surface area contributed by atoms with Gasteiger partial charge in [-0.05, 0) is 24.3 Å². The van der Waals surface area contributed by atoms with Crippen molar-refractivity contribution < 1.29 is 9.53 Å². The predicted octanol–water partition coefficient (Wildman–Crippen LogP) is 2.22. The van der Waals surface area contributed by atoms with Crippen molar-refractivity contribution in [3.8, 4) is 0 Å². The van der Waals surface area contributed by atoms with E-state index >= 15 is 0 Å². The molecule has 0 aromatic heterocycles. The number of carbonyl (C=O) groups excluding carboxylic acids is 1. The van der Waals surface area contributed by atoms with Crippen LogP contribution in [-0.4, -0.2) is 44.2 Å². The summed E-state index contributed by atoms with van der Waals surface area (Å²) >= 11 is 0. The van der Waals surface area contributed by atoms with E-state index in [0.29, 0.717) is 19.1 Å². The molecule has 1 aromatic carbocycles. The van der Waals surface area contributed by atoms with Crippen molar-refractivity contribution in [3.05, 3.63) is 35.9 Å². The summed E-state index contributed by atoms with van der Waals surface area (Å²) in [6.07, 6.45) is 2.35. The maximum atomic E-state index is 12.3. The molecule has 1 aromatic rings. The smallest absolute Gasteiger partial charge is 0.236 e. The summed E-state index contributed by atoms with van der Waals surface area (Å²) in [6, 6.07) is 10.2. The second-order valence-electron chi connectivity index (χ2n) is 5.89. The Morgan fingerprint density at radius 3 is 2.86 bits per heavy atom. The van der Waals surface area contributed by atoms with Crippen molar-refractivity contribution in [2.24, 2.45) is 5.92 Å². The van der Waals surface area contributed by atoms with Crippen LogP contribution in [0, 0.1) is 5.92 Å². The van der Waals surface area contributed by atoms with Gasteiger partial charge < -0.3 is 9.64 Å². The fourth-order valence-electron chi connectivity index (χ4n) is 2.86. The number of hydrogen-bond acceptors (Lipinski definition) is 3. The van der Waals surface area contributed by atoms with Gasteiger partial charge in [0.1, 0.15) is 0 Å². The van der Waals surface area contributed by atoms with E-state index in [2.05, 4.69) is 24.4 Å². The predicted molar refractivity (Wildman–Crippen MR) is 84.0 cm³/mol. The molecule has 2 atom stereocenters. The lowest BCUT2D eigenvalue weighted by atomic mass is 10.0. The molecule has 1 N–H and O–H groups in total. The number of nitrogens with one attached hydrogen (secondary N) is 1. The minimum absolute atomic E-state index is 0.0577. The van der Waals surface area contributed by atoms with Crippen molar-refractivity contribution in [1.29, 1.82) is 0 Å². The molecule has 0 aliphatic carbocycles. The molecule has 1 saturated heterocycles. The molecule has 1 amide bonds. The Labute approximate surface area is 127 Å². The van der Waals surface area contributed by atoms with Crippen LogP contribution in [0.3, 0.4) is 0 Å². The van der Waals surface area contributed by atoms with Crippen molar-refractivity contribution in [2.75, 3.05) is 33.4 Å². The van der Waals surface area contributed by atoms with Crippen LogP contribution in [0.25, 0.3) is 0 Å². The molecule has 1 aliphatic heterocycles. The van der Waals surface area contributed by atoms with Gasteiger partial charge in [0.15, 0.2) is 0 Å². The number of rotatable bonds is 6. The number of hydrogen-bond donors (Lipinski definition) is 1. The fraction of sp³-hybridized carbons (Fsp3) is 0.588. The maximum absolute atomic E-state index is 12.3. The summed E-state index contributed by atoms with van der Waals surface area (Å²) < 4.78 is 5.27. The summed E-state index contributed by atoms with van der Waals surface area (Å²) in [4.78, 5) is 14.3. The van der Waals surface area contributed by atoms with Gasteiger partial charge >= 0.3 is 0 Å². The molecule has 1 aliphatic rings. The zero-order chi connectivity index (χ0) is 15.1. The molecule has 0 bridgehead atoms. The lowest BCUT2D eigenvalue weighted by Crippen LogP contribution is -2.44. The third kappa shape index (κ3) is 4.83. The summed E-state index contributed by atoms with van der Waals surface area (Å²) in [5.41, 5.74) is 1.15. The van der Waals surface area contributed by atoms with Crippen LogP contribution in [0.2, 0.25) is 0 Å². The van der Waals surface area contributed by atoms with Gasteiger partial charge in [0.05, 0.1) is 19.2 Å². The van der Waals surface area contributed by atoms with E-state index in [1.165, 1.54) is 6.42 Å². The highest BCUT2D eigenvalue weighted by atomic mass is 16.5. The first-order chi connectivity index (χ1) is 10.2. The molecule has 116 valence electrons. The molecule has 1 heterocycles. The van der Waals surface area contributed by atoms with E-state index < -0.39 is 0 Å². The highest BCUT2D eigenvalue weighted by Gasteiger charge is 2.21. The van der Waals surface area contributed by atoms with Crippen molar-refractivity contribution in [1.82, 2.24) is 10.2 Å². The number of nitrogens with zero attached hydrogens (tertiary/aromatic N) is 1. The van der Waals surface area contributed by atoms with Crippen LogP contribution in [0.4, 0.5) is 0 Å². The van der Waals surface area contributed by atoms with Crippen molar-refractivity contribution in [3.63, 3.8) is 0 Å². The van der Waals surface area contributed by atoms with Gasteiger partial charge in [-0.3, -0.25) is 10.1 Å². The largest absolute Gasteiger partial charge is 0.383 e. The molecule has 0 unspecified atom stereocenters. The minimum atomic E-state index is 0.0577. The first kappa shape index (κ1) is 16.0. The molecule has 0 radical (unpaired) electrons. The van der Waals surface area contributed by atoms with Crippen LogP contribution in [0.1, 0.15) is 31.4 Å². The molecule has 4 heteroatoms. The second kappa shape index (κ2) is 8.15. The Bertz CT molecular complexity index is 436. The van der Waals surface area contributed by atoms with E-state index in [1.807, 2.05) is 23.1 Å². The van der Waals surface area contributed by atoms with Crippen LogP contribution in [0.5, 0.6) is 0 Å². The average molecular weight is 290 g/mol. The van der Waals surface area contributed by atoms with Gasteiger partial charge in [0, 0.05) is 20.2 Å². The summed E-state index contributed by atoms with van der Waals surface area (Å²) in [5, 5.41) is 3.33. The van der Waals surface area contributed by atoms with E-state index in [4.69, 9.17) is 4.74 Å². The van der Waals surface area contributed by atoms with Gasteiger partial charge in [0.25, 0.3) is 0 Å². The van der Waals surface area contributed by atoms with Crippen LogP contribution >= 0.6 is 0 Å². The number of methoxy groups -OCH3 is 1. The van der Waals surface area contributed by atoms with Gasteiger partial charge in [-0.2, -0.15) is 0 Å². The van der Waals surface area contributed by atoms with Gasteiger partial charge in [-0.25, -0.2) is 0 Å². The summed E-state index contributed by atoms with van der Waals surface area (Å²) in [5.74, 6) is 0.810. The van der Waals surface area contributed by atoms with Crippen LogP contribution in [-0.2, 0) is 9.53 Å². The molecule has 21 heavy (non-hydrogen) atoms. The molecule has 4 nitrogen and oxygen atoms in total. The van der Waals surface area contributed by atoms with Gasteiger partial charge in [0.2, 0.25) is 5.91 Å². The Hall–Kier alpha value is -1.39. The monoisotopic (exact) mass is 290 g/mol. The molecule has 0 spiro atoms. The molecular formula is C17H26N2O2. The second-order valence-corrected chi connectivity index (χ2v) is 5.89. The zero-order valence-corrected chi connectivity index (χ0v) is 13.0. The maximum Gasteiger partial charge on any atom is 0.236 e. The average Bonchev–Trinajstić information content (AvgIpc) is 2.52. The Morgan fingerprint density at radius 1 is 1.43 bits per heavy atom. The molecule has 0 saturated carbocycles. The van der Waals surface area contributed by atoms with E-state index in [1.54, 1.807) is 7.11 Å². The Morgan fingerprint density at radius 2 is 2.19 bits per heavy atom. The molecular weight excluding hydrogens is 264 g/mol.